The highest BCUT2D eigenvalue weighted by atomic mass is 32.2. The van der Waals surface area contributed by atoms with Crippen LogP contribution in [0.15, 0.2) is 71.6 Å². The van der Waals surface area contributed by atoms with E-state index in [9.17, 15) is 13.2 Å². The van der Waals surface area contributed by atoms with Gasteiger partial charge < -0.3 is 5.32 Å². The zero-order valence-electron chi connectivity index (χ0n) is 16.0. The molecule has 0 aromatic heterocycles. The van der Waals surface area contributed by atoms with Crippen LogP contribution in [0.4, 0.5) is 11.4 Å². The van der Waals surface area contributed by atoms with Crippen LogP contribution in [-0.4, -0.2) is 14.3 Å². The number of carbonyl (C=O) groups is 1. The molecule has 0 saturated heterocycles. The molecule has 0 bridgehead atoms. The minimum Gasteiger partial charge on any atom is -0.322 e. The second kappa shape index (κ2) is 7.86. The highest BCUT2D eigenvalue weighted by molar-refractivity contribution is 7.92. The van der Waals surface area contributed by atoms with Gasteiger partial charge >= 0.3 is 0 Å². The molecule has 28 heavy (non-hydrogen) atoms. The summed E-state index contributed by atoms with van der Waals surface area (Å²) in [6, 6.07) is 19.0. The molecule has 0 fully saturated rings. The Morgan fingerprint density at radius 3 is 2.18 bits per heavy atom. The van der Waals surface area contributed by atoms with E-state index in [0.29, 0.717) is 22.5 Å². The third-order valence-corrected chi connectivity index (χ3v) is 6.00. The Morgan fingerprint density at radius 2 is 1.50 bits per heavy atom. The number of aryl methyl sites for hydroxylation is 2. The lowest BCUT2D eigenvalue weighted by Gasteiger charge is -2.14. The fourth-order valence-electron chi connectivity index (χ4n) is 2.79. The van der Waals surface area contributed by atoms with Crippen LogP contribution in [0.25, 0.3) is 0 Å². The van der Waals surface area contributed by atoms with E-state index in [-0.39, 0.29) is 10.8 Å². The van der Waals surface area contributed by atoms with Gasteiger partial charge in [0, 0.05) is 11.3 Å². The van der Waals surface area contributed by atoms with Gasteiger partial charge in [0.15, 0.2) is 0 Å². The molecule has 0 aliphatic heterocycles. The largest absolute Gasteiger partial charge is 0.322 e. The highest BCUT2D eigenvalue weighted by Gasteiger charge is 2.17. The summed E-state index contributed by atoms with van der Waals surface area (Å²) in [4.78, 5) is 12.5. The number of sulfonamides is 1. The molecule has 3 rings (SSSR count). The summed E-state index contributed by atoms with van der Waals surface area (Å²) in [5.41, 5.74) is 4.21. The minimum absolute atomic E-state index is 0.142. The zero-order chi connectivity index (χ0) is 20.3. The predicted octanol–water partition coefficient (Wildman–Crippen LogP) is 4.66. The summed E-state index contributed by atoms with van der Waals surface area (Å²) in [7, 11) is -3.74. The van der Waals surface area contributed by atoms with Gasteiger partial charge in [0.25, 0.3) is 15.9 Å². The second-order valence-electron chi connectivity index (χ2n) is 6.65. The third-order valence-electron chi connectivity index (χ3n) is 4.64. The molecule has 0 saturated carbocycles. The lowest BCUT2D eigenvalue weighted by atomic mass is 10.1. The van der Waals surface area contributed by atoms with E-state index < -0.39 is 10.0 Å². The normalized spacial score (nSPS) is 11.1. The average molecular weight is 394 g/mol. The Balaban J connectivity index is 1.83. The van der Waals surface area contributed by atoms with Gasteiger partial charge in [0.1, 0.15) is 0 Å². The zero-order valence-corrected chi connectivity index (χ0v) is 16.8. The van der Waals surface area contributed by atoms with E-state index in [2.05, 4.69) is 10.0 Å². The van der Waals surface area contributed by atoms with Crippen molar-refractivity contribution in [1.82, 2.24) is 0 Å². The topological polar surface area (TPSA) is 75.3 Å². The van der Waals surface area contributed by atoms with Crippen LogP contribution in [0.3, 0.4) is 0 Å². The molecular formula is C22H22N2O3S. The molecule has 6 heteroatoms. The number of anilines is 2. The molecule has 1 amide bonds. The Bertz CT molecular complexity index is 1120. The summed E-state index contributed by atoms with van der Waals surface area (Å²) < 4.78 is 28.2. The van der Waals surface area contributed by atoms with Crippen molar-refractivity contribution in [2.45, 2.75) is 25.7 Å². The van der Waals surface area contributed by atoms with Gasteiger partial charge in [-0.25, -0.2) is 8.42 Å². The smallest absolute Gasteiger partial charge is 0.261 e. The monoisotopic (exact) mass is 394 g/mol. The van der Waals surface area contributed by atoms with Crippen molar-refractivity contribution in [2.75, 3.05) is 10.0 Å². The van der Waals surface area contributed by atoms with Crippen LogP contribution in [0.1, 0.15) is 27.0 Å². The van der Waals surface area contributed by atoms with Gasteiger partial charge in [0.05, 0.1) is 10.6 Å². The summed E-state index contributed by atoms with van der Waals surface area (Å²) in [6.07, 6.45) is 0. The van der Waals surface area contributed by atoms with Crippen molar-refractivity contribution in [3.05, 3.63) is 89.0 Å². The molecule has 0 atom stereocenters. The van der Waals surface area contributed by atoms with Crippen molar-refractivity contribution in [2.24, 2.45) is 0 Å². The van der Waals surface area contributed by atoms with Crippen molar-refractivity contribution in [3.8, 4) is 0 Å². The van der Waals surface area contributed by atoms with Crippen molar-refractivity contribution >= 4 is 27.3 Å². The molecule has 0 aliphatic carbocycles. The molecule has 2 N–H and O–H groups in total. The first-order valence-corrected chi connectivity index (χ1v) is 10.3. The van der Waals surface area contributed by atoms with Crippen molar-refractivity contribution in [1.29, 1.82) is 0 Å². The summed E-state index contributed by atoms with van der Waals surface area (Å²) in [6.45, 7) is 5.57. The van der Waals surface area contributed by atoms with Gasteiger partial charge in [-0.05, 0) is 73.9 Å². The Hall–Kier alpha value is -3.12. The Kier molecular flexibility index (Phi) is 5.51. The molecule has 0 heterocycles. The molecule has 3 aromatic rings. The predicted molar refractivity (Wildman–Crippen MR) is 112 cm³/mol. The van der Waals surface area contributed by atoms with Gasteiger partial charge in [0.2, 0.25) is 0 Å². The van der Waals surface area contributed by atoms with Crippen LogP contribution in [0.5, 0.6) is 0 Å². The van der Waals surface area contributed by atoms with E-state index in [1.54, 1.807) is 49.4 Å². The van der Waals surface area contributed by atoms with Crippen molar-refractivity contribution in [3.63, 3.8) is 0 Å². The molecule has 0 unspecified atom stereocenters. The first-order valence-electron chi connectivity index (χ1n) is 8.84. The van der Waals surface area contributed by atoms with Gasteiger partial charge in [-0.15, -0.1) is 0 Å². The average Bonchev–Trinajstić information content (AvgIpc) is 2.67. The van der Waals surface area contributed by atoms with Crippen LogP contribution in [0, 0.1) is 20.8 Å². The molecule has 144 valence electrons. The summed E-state index contributed by atoms with van der Waals surface area (Å²) >= 11 is 0. The van der Waals surface area contributed by atoms with Crippen LogP contribution in [-0.2, 0) is 10.0 Å². The quantitative estimate of drug-likeness (QED) is 0.661. The Morgan fingerprint density at radius 1 is 0.786 bits per heavy atom. The standard InChI is InChI=1S/C22H22N2O3S/c1-15-8-7-11-21(17(15)3)24-28(26,27)19-12-13-20(16(2)14-19)23-22(25)18-9-5-4-6-10-18/h4-14,24H,1-3H3,(H,23,25). The first kappa shape index (κ1) is 19.6. The summed E-state index contributed by atoms with van der Waals surface area (Å²) in [5.74, 6) is -0.243. The van der Waals surface area contributed by atoms with E-state index in [1.807, 2.05) is 32.0 Å². The maximum atomic E-state index is 12.8. The van der Waals surface area contributed by atoms with Gasteiger partial charge in [-0.2, -0.15) is 0 Å². The number of nitrogens with one attached hydrogen (secondary N) is 2. The highest BCUT2D eigenvalue weighted by Crippen LogP contribution is 2.25. The maximum Gasteiger partial charge on any atom is 0.261 e. The van der Waals surface area contributed by atoms with Crippen molar-refractivity contribution < 1.29 is 13.2 Å². The maximum absolute atomic E-state index is 12.8. The van der Waals surface area contributed by atoms with E-state index in [0.717, 1.165) is 11.1 Å². The van der Waals surface area contributed by atoms with Gasteiger partial charge in [-0.3, -0.25) is 9.52 Å². The molecule has 5 nitrogen and oxygen atoms in total. The molecule has 0 spiro atoms. The van der Waals surface area contributed by atoms with Crippen LogP contribution < -0.4 is 10.0 Å². The Labute approximate surface area is 165 Å². The lowest BCUT2D eigenvalue weighted by molar-refractivity contribution is 0.102. The number of rotatable bonds is 5. The van der Waals surface area contributed by atoms with E-state index in [1.165, 1.54) is 6.07 Å². The number of benzene rings is 3. The molecule has 3 aromatic carbocycles. The SMILES string of the molecule is Cc1cc(S(=O)(=O)Nc2cccc(C)c2C)ccc1NC(=O)c1ccccc1. The molecule has 0 aliphatic rings. The fourth-order valence-corrected chi connectivity index (χ4v) is 4.00. The number of amides is 1. The van der Waals surface area contributed by atoms with Crippen LogP contribution >= 0.6 is 0 Å². The number of carbonyl (C=O) groups excluding carboxylic acids is 1. The molecule has 0 radical (unpaired) electrons. The lowest BCUT2D eigenvalue weighted by Crippen LogP contribution is -2.15. The first-order chi connectivity index (χ1) is 13.3. The van der Waals surface area contributed by atoms with E-state index in [4.69, 9.17) is 0 Å². The van der Waals surface area contributed by atoms with E-state index >= 15 is 0 Å². The fraction of sp³-hybridized carbons (Fsp3) is 0.136. The number of hydrogen-bond acceptors (Lipinski definition) is 3. The van der Waals surface area contributed by atoms with Gasteiger partial charge in [-0.1, -0.05) is 30.3 Å². The van der Waals surface area contributed by atoms with Crippen LogP contribution in [0.2, 0.25) is 0 Å². The summed E-state index contributed by atoms with van der Waals surface area (Å²) in [5, 5.41) is 2.82. The second-order valence-corrected chi connectivity index (χ2v) is 8.33. The molecular weight excluding hydrogens is 372 g/mol. The third kappa shape index (κ3) is 4.23. The minimum atomic E-state index is -3.74. The number of hydrogen-bond donors (Lipinski definition) is 2.